The van der Waals surface area contributed by atoms with Crippen molar-refractivity contribution in [2.75, 3.05) is 7.05 Å². The van der Waals surface area contributed by atoms with Crippen LogP contribution in [0.15, 0.2) is 41.8 Å². The van der Waals surface area contributed by atoms with Crippen molar-refractivity contribution < 1.29 is 23.1 Å². The minimum atomic E-state index is -3.63. The van der Waals surface area contributed by atoms with Gasteiger partial charge in [-0.3, -0.25) is 4.79 Å². The second kappa shape index (κ2) is 8.77. The SMILES string of the molecule is C=CCCC(NC(=O)c1ccc(S(=O)(=O)N(C)C(C)C)cc1)C(=O)O. The maximum Gasteiger partial charge on any atom is 0.326 e. The lowest BCUT2D eigenvalue weighted by Gasteiger charge is -2.21. The molecule has 1 rings (SSSR count). The number of benzene rings is 1. The number of carbonyl (C=O) groups is 2. The van der Waals surface area contributed by atoms with Crippen LogP contribution in [-0.2, 0) is 14.8 Å². The molecule has 8 heteroatoms. The van der Waals surface area contributed by atoms with Gasteiger partial charge in [0.25, 0.3) is 5.91 Å². The summed E-state index contributed by atoms with van der Waals surface area (Å²) in [7, 11) is -2.15. The van der Waals surface area contributed by atoms with Crippen molar-refractivity contribution in [3.05, 3.63) is 42.5 Å². The summed E-state index contributed by atoms with van der Waals surface area (Å²) in [5.41, 5.74) is 0.191. The Hall–Kier alpha value is -2.19. The average molecular weight is 368 g/mol. The Bertz CT molecular complexity index is 726. The van der Waals surface area contributed by atoms with Gasteiger partial charge in [0, 0.05) is 18.7 Å². The predicted molar refractivity (Wildman–Crippen MR) is 94.8 cm³/mol. The van der Waals surface area contributed by atoms with Crippen molar-refractivity contribution in [3.8, 4) is 0 Å². The fourth-order valence-corrected chi connectivity index (χ4v) is 3.37. The highest BCUT2D eigenvalue weighted by atomic mass is 32.2. The number of rotatable bonds is 9. The monoisotopic (exact) mass is 368 g/mol. The zero-order valence-corrected chi connectivity index (χ0v) is 15.4. The highest BCUT2D eigenvalue weighted by Gasteiger charge is 2.24. The Morgan fingerprint density at radius 1 is 1.28 bits per heavy atom. The highest BCUT2D eigenvalue weighted by Crippen LogP contribution is 2.17. The van der Waals surface area contributed by atoms with Crippen molar-refractivity contribution in [3.63, 3.8) is 0 Å². The van der Waals surface area contributed by atoms with E-state index in [0.29, 0.717) is 6.42 Å². The molecule has 0 saturated heterocycles. The Labute approximate surface area is 148 Å². The van der Waals surface area contributed by atoms with Crippen LogP contribution in [0.2, 0.25) is 0 Å². The Kier molecular flexibility index (Phi) is 7.32. The number of hydrogen-bond acceptors (Lipinski definition) is 4. The van der Waals surface area contributed by atoms with Gasteiger partial charge in [-0.25, -0.2) is 13.2 Å². The van der Waals surface area contributed by atoms with E-state index in [0.717, 1.165) is 0 Å². The topological polar surface area (TPSA) is 104 Å². The number of carboxylic acids is 1. The van der Waals surface area contributed by atoms with Crippen LogP contribution in [0.5, 0.6) is 0 Å². The summed E-state index contributed by atoms with van der Waals surface area (Å²) in [6.07, 6.45) is 2.26. The van der Waals surface area contributed by atoms with Crippen LogP contribution in [0.25, 0.3) is 0 Å². The van der Waals surface area contributed by atoms with E-state index in [1.165, 1.54) is 35.6 Å². The summed E-state index contributed by atoms with van der Waals surface area (Å²) in [4.78, 5) is 23.4. The summed E-state index contributed by atoms with van der Waals surface area (Å²) in [5, 5.41) is 11.5. The zero-order chi connectivity index (χ0) is 19.2. The molecule has 1 atom stereocenters. The molecule has 138 valence electrons. The number of sulfonamides is 1. The molecule has 7 nitrogen and oxygen atoms in total. The van der Waals surface area contributed by atoms with Crippen LogP contribution in [0.4, 0.5) is 0 Å². The summed E-state index contributed by atoms with van der Waals surface area (Å²) in [6, 6.07) is 4.17. The van der Waals surface area contributed by atoms with Gasteiger partial charge in [0.15, 0.2) is 0 Å². The number of allylic oxidation sites excluding steroid dienone is 1. The Balaban J connectivity index is 2.93. The number of aliphatic carboxylic acids is 1. The summed E-state index contributed by atoms with van der Waals surface area (Å²) < 4.78 is 26.0. The zero-order valence-electron chi connectivity index (χ0n) is 14.6. The van der Waals surface area contributed by atoms with Crippen molar-refractivity contribution in [2.45, 2.75) is 43.7 Å². The lowest BCUT2D eigenvalue weighted by Crippen LogP contribution is -2.40. The molecule has 1 unspecified atom stereocenters. The molecule has 0 radical (unpaired) electrons. The van der Waals surface area contributed by atoms with E-state index < -0.39 is 27.9 Å². The van der Waals surface area contributed by atoms with E-state index in [-0.39, 0.29) is 22.9 Å². The van der Waals surface area contributed by atoms with Gasteiger partial charge in [-0.2, -0.15) is 4.31 Å². The van der Waals surface area contributed by atoms with E-state index >= 15 is 0 Å². The minimum Gasteiger partial charge on any atom is -0.480 e. The molecule has 1 aromatic rings. The number of nitrogens with zero attached hydrogens (tertiary/aromatic N) is 1. The molecule has 0 aliphatic rings. The van der Waals surface area contributed by atoms with Crippen molar-refractivity contribution in [1.29, 1.82) is 0 Å². The molecule has 0 bridgehead atoms. The predicted octanol–water partition coefficient (Wildman–Crippen LogP) is 1.86. The largest absolute Gasteiger partial charge is 0.480 e. The van der Waals surface area contributed by atoms with Crippen molar-refractivity contribution in [2.24, 2.45) is 0 Å². The summed E-state index contributed by atoms with van der Waals surface area (Å²) in [5.74, 6) is -1.70. The van der Waals surface area contributed by atoms with Gasteiger partial charge in [-0.05, 0) is 51.0 Å². The molecule has 0 aliphatic heterocycles. The molecule has 0 heterocycles. The molecular weight excluding hydrogens is 344 g/mol. The number of amides is 1. The van der Waals surface area contributed by atoms with E-state index in [9.17, 15) is 18.0 Å². The molecule has 2 N–H and O–H groups in total. The molecule has 1 aromatic carbocycles. The van der Waals surface area contributed by atoms with E-state index in [4.69, 9.17) is 5.11 Å². The van der Waals surface area contributed by atoms with E-state index in [1.54, 1.807) is 19.9 Å². The van der Waals surface area contributed by atoms with Gasteiger partial charge >= 0.3 is 5.97 Å². The van der Waals surface area contributed by atoms with Crippen molar-refractivity contribution in [1.82, 2.24) is 9.62 Å². The second-order valence-electron chi connectivity index (χ2n) is 5.87. The first-order chi connectivity index (χ1) is 11.6. The molecule has 0 aliphatic carbocycles. The van der Waals surface area contributed by atoms with Gasteiger partial charge in [0.05, 0.1) is 4.90 Å². The third-order valence-electron chi connectivity index (χ3n) is 3.78. The first kappa shape index (κ1) is 20.9. The van der Waals surface area contributed by atoms with Gasteiger partial charge in [-0.1, -0.05) is 6.08 Å². The third-order valence-corrected chi connectivity index (χ3v) is 5.83. The molecule has 1 amide bonds. The van der Waals surface area contributed by atoms with Gasteiger partial charge in [0.2, 0.25) is 10.0 Å². The lowest BCUT2D eigenvalue weighted by atomic mass is 10.1. The molecule has 0 fully saturated rings. The Morgan fingerprint density at radius 3 is 2.28 bits per heavy atom. The van der Waals surface area contributed by atoms with Gasteiger partial charge < -0.3 is 10.4 Å². The molecule has 0 aromatic heterocycles. The van der Waals surface area contributed by atoms with Gasteiger partial charge in [-0.15, -0.1) is 6.58 Å². The normalized spacial score (nSPS) is 12.8. The fourth-order valence-electron chi connectivity index (χ4n) is 2.01. The minimum absolute atomic E-state index is 0.0710. The Morgan fingerprint density at radius 2 is 1.84 bits per heavy atom. The standard InChI is InChI=1S/C17H24N2O5S/c1-5-6-7-15(17(21)22)18-16(20)13-8-10-14(11-9-13)25(23,24)19(4)12(2)3/h5,8-12,15H,1,6-7H2,2-4H3,(H,18,20)(H,21,22). The summed E-state index contributed by atoms with van der Waals surface area (Å²) >= 11 is 0. The van der Waals surface area contributed by atoms with Crippen LogP contribution < -0.4 is 5.32 Å². The molecule has 25 heavy (non-hydrogen) atoms. The third kappa shape index (κ3) is 5.40. The smallest absolute Gasteiger partial charge is 0.326 e. The highest BCUT2D eigenvalue weighted by molar-refractivity contribution is 7.89. The maximum absolute atomic E-state index is 12.4. The molecule has 0 spiro atoms. The fraction of sp³-hybridized carbons (Fsp3) is 0.412. The lowest BCUT2D eigenvalue weighted by molar-refractivity contribution is -0.139. The quantitative estimate of drug-likeness (QED) is 0.648. The first-order valence-electron chi connectivity index (χ1n) is 7.84. The number of hydrogen-bond donors (Lipinski definition) is 2. The molecular formula is C17H24N2O5S. The van der Waals surface area contributed by atoms with E-state index in [1.807, 2.05) is 0 Å². The van der Waals surface area contributed by atoms with Crippen LogP contribution in [0.1, 0.15) is 37.0 Å². The first-order valence-corrected chi connectivity index (χ1v) is 9.28. The van der Waals surface area contributed by atoms with Crippen LogP contribution in [-0.4, -0.2) is 48.8 Å². The number of carboxylic acid groups (broad SMARTS) is 1. The number of nitrogens with one attached hydrogen (secondary N) is 1. The van der Waals surface area contributed by atoms with E-state index in [2.05, 4.69) is 11.9 Å². The average Bonchev–Trinajstić information content (AvgIpc) is 2.57. The maximum atomic E-state index is 12.4. The van der Waals surface area contributed by atoms with Gasteiger partial charge in [0.1, 0.15) is 6.04 Å². The summed E-state index contributed by atoms with van der Waals surface area (Å²) in [6.45, 7) is 7.04. The van der Waals surface area contributed by atoms with Crippen LogP contribution in [0, 0.1) is 0 Å². The molecule has 0 saturated carbocycles. The van der Waals surface area contributed by atoms with Crippen LogP contribution >= 0.6 is 0 Å². The second-order valence-corrected chi connectivity index (χ2v) is 7.87. The van der Waals surface area contributed by atoms with Crippen LogP contribution in [0.3, 0.4) is 0 Å². The van der Waals surface area contributed by atoms with Crippen molar-refractivity contribution >= 4 is 21.9 Å². The number of carbonyl (C=O) groups excluding carboxylic acids is 1.